The van der Waals surface area contributed by atoms with Gasteiger partial charge in [-0.2, -0.15) is 5.26 Å². The molecule has 1 aliphatic heterocycles. The molecule has 4 nitrogen and oxygen atoms in total. The fraction of sp³-hybridized carbons (Fsp3) is 0.462. The molecule has 2 rings (SSSR count). The maximum atomic E-state index is 9.81. The maximum Gasteiger partial charge on any atom is 0.120 e. The summed E-state index contributed by atoms with van der Waals surface area (Å²) in [5, 5.41) is 18.7. The molecule has 0 spiro atoms. The van der Waals surface area contributed by atoms with Gasteiger partial charge in [-0.25, -0.2) is 0 Å². The molecule has 1 heterocycles. The Balaban J connectivity index is 2.23. The van der Waals surface area contributed by atoms with Gasteiger partial charge in [-0.15, -0.1) is 0 Å². The Morgan fingerprint density at radius 2 is 2.12 bits per heavy atom. The van der Waals surface area contributed by atoms with Crippen molar-refractivity contribution in [2.45, 2.75) is 18.9 Å². The van der Waals surface area contributed by atoms with Crippen molar-refractivity contribution in [2.24, 2.45) is 11.7 Å². The lowest BCUT2D eigenvalue weighted by atomic mass is 9.87. The van der Waals surface area contributed by atoms with Crippen molar-refractivity contribution in [2.75, 3.05) is 13.2 Å². The van der Waals surface area contributed by atoms with Crippen LogP contribution in [0.2, 0.25) is 0 Å². The van der Waals surface area contributed by atoms with Gasteiger partial charge in [0.15, 0.2) is 0 Å². The summed E-state index contributed by atoms with van der Waals surface area (Å²) in [6.07, 6.45) is 1.80. The van der Waals surface area contributed by atoms with Crippen molar-refractivity contribution < 1.29 is 9.84 Å². The van der Waals surface area contributed by atoms with Gasteiger partial charge >= 0.3 is 0 Å². The monoisotopic (exact) mass is 232 g/mol. The third-order valence-electron chi connectivity index (χ3n) is 3.29. The van der Waals surface area contributed by atoms with E-state index >= 15 is 0 Å². The molecule has 1 aliphatic rings. The zero-order valence-corrected chi connectivity index (χ0v) is 9.60. The number of nitrogens with zero attached hydrogens (tertiary/aromatic N) is 1. The van der Waals surface area contributed by atoms with Crippen LogP contribution in [0.3, 0.4) is 0 Å². The molecule has 1 aromatic carbocycles. The lowest BCUT2D eigenvalue weighted by molar-refractivity contribution is 0.0581. The van der Waals surface area contributed by atoms with Crippen LogP contribution in [0, 0.1) is 17.2 Å². The van der Waals surface area contributed by atoms with Gasteiger partial charge in [0.2, 0.25) is 0 Å². The molecule has 1 saturated heterocycles. The summed E-state index contributed by atoms with van der Waals surface area (Å²) in [5.41, 5.74) is 7.36. The first-order valence-electron chi connectivity index (χ1n) is 5.78. The van der Waals surface area contributed by atoms with Crippen molar-refractivity contribution >= 4 is 0 Å². The van der Waals surface area contributed by atoms with E-state index in [1.54, 1.807) is 12.1 Å². The molecule has 1 atom stereocenters. The van der Waals surface area contributed by atoms with Crippen LogP contribution in [0.15, 0.2) is 18.2 Å². The van der Waals surface area contributed by atoms with E-state index in [2.05, 4.69) is 6.07 Å². The highest BCUT2D eigenvalue weighted by Crippen LogP contribution is 2.33. The topological polar surface area (TPSA) is 79.3 Å². The molecule has 1 fully saturated rings. The lowest BCUT2D eigenvalue weighted by Crippen LogP contribution is -2.27. The van der Waals surface area contributed by atoms with Gasteiger partial charge in [0.25, 0.3) is 0 Å². The van der Waals surface area contributed by atoms with E-state index in [-0.39, 0.29) is 11.8 Å². The van der Waals surface area contributed by atoms with Crippen molar-refractivity contribution in [1.82, 2.24) is 0 Å². The van der Waals surface area contributed by atoms with Crippen molar-refractivity contribution in [3.05, 3.63) is 29.3 Å². The minimum absolute atomic E-state index is 0.169. The van der Waals surface area contributed by atoms with Crippen LogP contribution in [0.5, 0.6) is 5.75 Å². The molecule has 0 bridgehead atoms. The Labute approximate surface area is 101 Å². The van der Waals surface area contributed by atoms with Gasteiger partial charge in [-0.1, -0.05) is 0 Å². The SMILES string of the molecule is N#Cc1ccc(O)c([C@@H](N)C2CCOCC2)c1. The molecular formula is C13H16N2O2. The fourth-order valence-electron chi connectivity index (χ4n) is 2.22. The summed E-state index contributed by atoms with van der Waals surface area (Å²) in [5.74, 6) is 0.478. The quantitative estimate of drug-likeness (QED) is 0.813. The van der Waals surface area contributed by atoms with Crippen LogP contribution in [0.4, 0.5) is 0 Å². The Bertz CT molecular complexity index is 434. The summed E-state index contributed by atoms with van der Waals surface area (Å²) in [6.45, 7) is 1.44. The minimum atomic E-state index is -0.229. The van der Waals surface area contributed by atoms with E-state index in [1.165, 1.54) is 6.07 Å². The zero-order chi connectivity index (χ0) is 12.3. The highest BCUT2D eigenvalue weighted by molar-refractivity contribution is 5.43. The first-order chi connectivity index (χ1) is 8.22. The molecule has 0 aromatic heterocycles. The van der Waals surface area contributed by atoms with E-state index in [0.29, 0.717) is 17.0 Å². The van der Waals surface area contributed by atoms with Crippen LogP contribution in [-0.2, 0) is 4.74 Å². The van der Waals surface area contributed by atoms with Crippen LogP contribution >= 0.6 is 0 Å². The highest BCUT2D eigenvalue weighted by atomic mass is 16.5. The number of aromatic hydroxyl groups is 1. The number of phenols is 1. The number of nitrogens with two attached hydrogens (primary N) is 1. The van der Waals surface area contributed by atoms with Gasteiger partial charge in [0, 0.05) is 24.8 Å². The largest absolute Gasteiger partial charge is 0.508 e. The van der Waals surface area contributed by atoms with Crippen molar-refractivity contribution in [3.63, 3.8) is 0 Å². The summed E-state index contributed by atoms with van der Waals surface area (Å²) < 4.78 is 5.29. The molecule has 3 N–H and O–H groups in total. The number of ether oxygens (including phenoxy) is 1. The molecule has 4 heteroatoms. The minimum Gasteiger partial charge on any atom is -0.508 e. The number of hydrogen-bond acceptors (Lipinski definition) is 4. The second-order valence-corrected chi connectivity index (χ2v) is 4.36. The molecule has 0 amide bonds. The average molecular weight is 232 g/mol. The second kappa shape index (κ2) is 5.17. The van der Waals surface area contributed by atoms with Crippen molar-refractivity contribution in [3.8, 4) is 11.8 Å². The smallest absolute Gasteiger partial charge is 0.120 e. The number of hydrogen-bond donors (Lipinski definition) is 2. The van der Waals surface area contributed by atoms with Gasteiger partial charge < -0.3 is 15.6 Å². The Kier molecular flexibility index (Phi) is 3.62. The molecule has 0 unspecified atom stereocenters. The third kappa shape index (κ3) is 2.57. The van der Waals surface area contributed by atoms with Crippen molar-refractivity contribution in [1.29, 1.82) is 5.26 Å². The number of nitriles is 1. The normalized spacial score (nSPS) is 18.6. The number of benzene rings is 1. The van der Waals surface area contributed by atoms with E-state index in [4.69, 9.17) is 15.7 Å². The van der Waals surface area contributed by atoms with Crippen LogP contribution in [0.25, 0.3) is 0 Å². The zero-order valence-electron chi connectivity index (χ0n) is 9.60. The first kappa shape index (κ1) is 11.9. The summed E-state index contributed by atoms with van der Waals surface area (Å²) in [6, 6.07) is 6.64. The maximum absolute atomic E-state index is 9.81. The summed E-state index contributed by atoms with van der Waals surface area (Å²) in [7, 11) is 0. The second-order valence-electron chi connectivity index (χ2n) is 4.36. The predicted octanol–water partition coefficient (Wildman–Crippen LogP) is 1.69. The van der Waals surface area contributed by atoms with Gasteiger partial charge in [0.05, 0.1) is 11.6 Å². The van der Waals surface area contributed by atoms with Gasteiger partial charge in [-0.05, 0) is 37.0 Å². The highest BCUT2D eigenvalue weighted by Gasteiger charge is 2.24. The van der Waals surface area contributed by atoms with Crippen LogP contribution in [-0.4, -0.2) is 18.3 Å². The Morgan fingerprint density at radius 1 is 1.41 bits per heavy atom. The first-order valence-corrected chi connectivity index (χ1v) is 5.78. The van der Waals surface area contributed by atoms with E-state index < -0.39 is 0 Å². The molecule has 17 heavy (non-hydrogen) atoms. The molecular weight excluding hydrogens is 216 g/mol. The standard InChI is InChI=1S/C13H16N2O2/c14-8-9-1-2-12(16)11(7-9)13(15)10-3-5-17-6-4-10/h1-2,7,10,13,16H,3-6,15H2/t13-/m0/s1. The molecule has 0 radical (unpaired) electrons. The Morgan fingerprint density at radius 3 is 2.76 bits per heavy atom. The van der Waals surface area contributed by atoms with E-state index in [0.717, 1.165) is 26.1 Å². The number of phenolic OH excluding ortho intramolecular Hbond substituents is 1. The summed E-state index contributed by atoms with van der Waals surface area (Å²) in [4.78, 5) is 0. The van der Waals surface area contributed by atoms with Gasteiger partial charge in [0.1, 0.15) is 5.75 Å². The molecule has 1 aromatic rings. The molecule has 0 aliphatic carbocycles. The average Bonchev–Trinajstić information content (AvgIpc) is 2.39. The van der Waals surface area contributed by atoms with E-state index in [9.17, 15) is 5.11 Å². The molecule has 0 saturated carbocycles. The fourth-order valence-corrected chi connectivity index (χ4v) is 2.22. The van der Waals surface area contributed by atoms with Crippen LogP contribution < -0.4 is 5.73 Å². The molecule has 90 valence electrons. The third-order valence-corrected chi connectivity index (χ3v) is 3.29. The Hall–Kier alpha value is -1.57. The van der Waals surface area contributed by atoms with Crippen LogP contribution in [0.1, 0.15) is 30.0 Å². The number of rotatable bonds is 2. The van der Waals surface area contributed by atoms with Gasteiger partial charge in [-0.3, -0.25) is 0 Å². The van der Waals surface area contributed by atoms with E-state index in [1.807, 2.05) is 0 Å². The predicted molar refractivity (Wildman–Crippen MR) is 63.3 cm³/mol. The lowest BCUT2D eigenvalue weighted by Gasteiger charge is -2.28. The summed E-state index contributed by atoms with van der Waals surface area (Å²) >= 11 is 0.